The van der Waals surface area contributed by atoms with Crippen LogP contribution in [0.1, 0.15) is 94.6 Å². The summed E-state index contributed by atoms with van der Waals surface area (Å²) in [6.07, 6.45) is -4.89. The third-order valence-electron chi connectivity index (χ3n) is 15.1. The molecule has 0 spiro atoms. The molecule has 8 rings (SSSR count). The van der Waals surface area contributed by atoms with Crippen LogP contribution < -0.4 is 0 Å². The Hall–Kier alpha value is -5.43. The molecule has 8 aromatic rings. The summed E-state index contributed by atoms with van der Waals surface area (Å²) in [5.41, 5.74) is 19.0. The molecule has 0 saturated heterocycles. The van der Waals surface area contributed by atoms with E-state index in [1.807, 2.05) is 32.3 Å². The lowest BCUT2D eigenvalue weighted by Crippen LogP contribution is -2.16. The van der Waals surface area contributed by atoms with Gasteiger partial charge < -0.3 is 9.13 Å². The minimum Gasteiger partial charge on any atom is -0.307 e. The predicted molar refractivity (Wildman–Crippen MR) is 241 cm³/mol. The lowest BCUT2D eigenvalue weighted by Gasteiger charge is -2.26. The number of aromatic nitrogens is 2. The summed E-state index contributed by atoms with van der Waals surface area (Å²) >= 11 is 0. The van der Waals surface area contributed by atoms with Gasteiger partial charge in [-0.1, -0.05) is 0 Å². The zero-order valence-electron chi connectivity index (χ0n) is 37.7. The number of benzene rings is 6. The molecule has 0 amide bonds. The van der Waals surface area contributed by atoms with Gasteiger partial charge in [0.15, 0.2) is 0 Å². The number of nitrogens with zero attached hydrogens (tertiary/aromatic N) is 2. The minimum atomic E-state index is -4.89. The monoisotopic (exact) mass is 812 g/mol. The maximum atomic E-state index is 16.5. The fourth-order valence-electron chi connectivity index (χ4n) is 10.3. The summed E-state index contributed by atoms with van der Waals surface area (Å²) in [4.78, 5) is 0. The van der Waals surface area contributed by atoms with Gasteiger partial charge in [0, 0.05) is 27.6 Å². The standard InChI is InChI=1S/C53H53F5N2/c1-22-26(5)34(13)48-44(30(22)9)45-31(10)23(2)27(6)35(14)49(45)59(48)43-20-39(38-17-40(54)21-41(55)18-38)19-42(53(56,57)58)52(43)60-50-36(15)28(7)24(3)32(11)46(50)47-33(12)25(4)29(8)37(16)51(47)60/h17-21H,1-16H3. The first kappa shape index (κ1) is 41.3. The lowest BCUT2D eigenvalue weighted by molar-refractivity contribution is -0.137. The molecule has 0 aliphatic heterocycles. The van der Waals surface area contributed by atoms with Gasteiger partial charge in [0.2, 0.25) is 0 Å². The van der Waals surface area contributed by atoms with Crippen LogP contribution in [-0.2, 0) is 6.18 Å². The number of alkyl halides is 3. The molecule has 0 atom stereocenters. The summed E-state index contributed by atoms with van der Waals surface area (Å²) in [5.74, 6) is -1.74. The normalized spacial score (nSPS) is 12.4. The van der Waals surface area contributed by atoms with Gasteiger partial charge >= 0.3 is 6.18 Å². The molecule has 0 N–H and O–H groups in total. The zero-order chi connectivity index (χ0) is 44.1. The van der Waals surface area contributed by atoms with E-state index in [4.69, 9.17) is 0 Å². The summed E-state index contributed by atoms with van der Waals surface area (Å²) in [6, 6.07) is 5.79. The smallest absolute Gasteiger partial charge is 0.307 e. The topological polar surface area (TPSA) is 9.86 Å². The molecule has 0 radical (unpaired) electrons. The molecule has 0 bridgehead atoms. The van der Waals surface area contributed by atoms with Gasteiger partial charge in [0.05, 0.1) is 39.0 Å². The Morgan fingerprint density at radius 2 is 0.617 bits per heavy atom. The van der Waals surface area contributed by atoms with Gasteiger partial charge in [-0.3, -0.25) is 0 Å². The SMILES string of the molecule is Cc1c(C)c(C)c2c(c1C)c1c(C)c(C)c(C)c(C)c1n2-c1cc(-c2cc(F)cc(F)c2)cc(C(F)(F)F)c1-n1c2c(C)c(C)c(C)c(C)c2c2c(C)c(C)c(C)c(C)c21. The maximum Gasteiger partial charge on any atom is 0.418 e. The Bertz CT molecular complexity index is 3080. The van der Waals surface area contributed by atoms with Crippen molar-refractivity contribution in [2.45, 2.75) is 117 Å². The molecule has 2 heterocycles. The molecule has 0 saturated carbocycles. The third-order valence-corrected chi connectivity index (χ3v) is 15.1. The van der Waals surface area contributed by atoms with Gasteiger partial charge in [-0.25, -0.2) is 8.78 Å². The van der Waals surface area contributed by atoms with Crippen LogP contribution in [0.15, 0.2) is 30.3 Å². The molecule has 2 nitrogen and oxygen atoms in total. The minimum absolute atomic E-state index is 0.0191. The number of rotatable bonds is 3. The molecule has 60 heavy (non-hydrogen) atoms. The Labute approximate surface area is 349 Å². The highest BCUT2D eigenvalue weighted by atomic mass is 19.4. The first-order chi connectivity index (χ1) is 27.9. The number of hydrogen-bond donors (Lipinski definition) is 0. The van der Waals surface area contributed by atoms with Crippen LogP contribution >= 0.6 is 0 Å². The van der Waals surface area contributed by atoms with Crippen LogP contribution in [0.25, 0.3) is 66.1 Å². The van der Waals surface area contributed by atoms with E-state index in [9.17, 15) is 0 Å². The van der Waals surface area contributed by atoms with Crippen molar-refractivity contribution in [1.29, 1.82) is 0 Å². The van der Waals surface area contributed by atoms with Gasteiger partial charge in [0.1, 0.15) is 11.6 Å². The molecular formula is C53H53F5N2. The highest BCUT2D eigenvalue weighted by Gasteiger charge is 2.39. The Kier molecular flexibility index (Phi) is 9.32. The Morgan fingerprint density at radius 1 is 0.333 bits per heavy atom. The van der Waals surface area contributed by atoms with E-state index in [-0.39, 0.29) is 22.5 Å². The van der Waals surface area contributed by atoms with E-state index >= 15 is 22.0 Å². The lowest BCUT2D eigenvalue weighted by atomic mass is 9.90. The van der Waals surface area contributed by atoms with Crippen molar-refractivity contribution in [2.75, 3.05) is 0 Å². The molecule has 0 aliphatic rings. The molecular weight excluding hydrogens is 760 g/mol. The van der Waals surface area contributed by atoms with E-state index in [1.54, 1.807) is 6.07 Å². The fourth-order valence-corrected chi connectivity index (χ4v) is 10.3. The van der Waals surface area contributed by atoms with E-state index < -0.39 is 23.4 Å². The van der Waals surface area contributed by atoms with E-state index in [0.29, 0.717) is 0 Å². The highest BCUT2D eigenvalue weighted by Crippen LogP contribution is 2.51. The number of hydrogen-bond acceptors (Lipinski definition) is 0. The van der Waals surface area contributed by atoms with Crippen LogP contribution in [-0.4, -0.2) is 9.13 Å². The van der Waals surface area contributed by atoms with Crippen molar-refractivity contribution < 1.29 is 22.0 Å². The van der Waals surface area contributed by atoms with Crippen molar-refractivity contribution in [3.05, 3.63) is 137 Å². The van der Waals surface area contributed by atoms with E-state index in [0.717, 1.165) is 157 Å². The Balaban J connectivity index is 1.81. The van der Waals surface area contributed by atoms with Crippen molar-refractivity contribution in [2.24, 2.45) is 0 Å². The molecule has 0 unspecified atom stereocenters. The van der Waals surface area contributed by atoms with Gasteiger partial charge in [-0.15, -0.1) is 0 Å². The van der Waals surface area contributed by atoms with Gasteiger partial charge in [-0.2, -0.15) is 13.2 Å². The zero-order valence-corrected chi connectivity index (χ0v) is 37.7. The van der Waals surface area contributed by atoms with Gasteiger partial charge in [-0.05, 0) is 235 Å². The first-order valence-electron chi connectivity index (χ1n) is 20.7. The number of fused-ring (bicyclic) bond motifs is 6. The molecule has 310 valence electrons. The van der Waals surface area contributed by atoms with Crippen LogP contribution in [0.5, 0.6) is 0 Å². The number of halogens is 5. The summed E-state index contributed by atoms with van der Waals surface area (Å²) < 4.78 is 83.7. The molecule has 0 fully saturated rings. The average molecular weight is 813 g/mol. The largest absolute Gasteiger partial charge is 0.418 e. The van der Waals surface area contributed by atoms with Crippen molar-refractivity contribution >= 4 is 43.6 Å². The van der Waals surface area contributed by atoms with Crippen LogP contribution in [0, 0.1) is 122 Å². The Morgan fingerprint density at radius 3 is 0.933 bits per heavy atom. The molecule has 0 aliphatic carbocycles. The van der Waals surface area contributed by atoms with Gasteiger partial charge in [0.25, 0.3) is 0 Å². The highest BCUT2D eigenvalue weighted by molar-refractivity contribution is 6.18. The second-order valence-electron chi connectivity index (χ2n) is 17.6. The summed E-state index contributed by atoms with van der Waals surface area (Å²) in [7, 11) is 0. The second-order valence-corrected chi connectivity index (χ2v) is 17.6. The average Bonchev–Trinajstić information content (AvgIpc) is 3.74. The fraction of sp³-hybridized carbons (Fsp3) is 0.321. The van der Waals surface area contributed by atoms with E-state index in [2.05, 4.69) is 87.7 Å². The van der Waals surface area contributed by atoms with Crippen LogP contribution in [0.3, 0.4) is 0 Å². The summed E-state index contributed by atoms with van der Waals surface area (Å²) in [6.45, 7) is 33.1. The van der Waals surface area contributed by atoms with Crippen LogP contribution in [0.2, 0.25) is 0 Å². The molecule has 7 heteroatoms. The predicted octanol–water partition coefficient (Wildman–Crippen LogP) is 15.8. The third kappa shape index (κ3) is 5.42. The van der Waals surface area contributed by atoms with Crippen LogP contribution in [0.4, 0.5) is 22.0 Å². The summed E-state index contributed by atoms with van der Waals surface area (Å²) in [5, 5.41) is 3.86. The number of aryl methyl sites for hydroxylation is 8. The van der Waals surface area contributed by atoms with Crippen molar-refractivity contribution in [3.8, 4) is 22.5 Å². The molecule has 2 aromatic heterocycles. The van der Waals surface area contributed by atoms with Crippen molar-refractivity contribution in [1.82, 2.24) is 9.13 Å². The first-order valence-corrected chi connectivity index (χ1v) is 20.7. The second kappa shape index (κ2) is 13.5. The maximum absolute atomic E-state index is 16.5. The molecule has 6 aromatic carbocycles. The quantitative estimate of drug-likeness (QED) is 0.157. The van der Waals surface area contributed by atoms with Crippen molar-refractivity contribution in [3.63, 3.8) is 0 Å². The van der Waals surface area contributed by atoms with E-state index in [1.165, 1.54) is 0 Å².